The van der Waals surface area contributed by atoms with Crippen LogP contribution in [0.25, 0.3) is 0 Å². The lowest BCUT2D eigenvalue weighted by atomic mass is 10.5. The van der Waals surface area contributed by atoms with Crippen molar-refractivity contribution in [1.82, 2.24) is 15.4 Å². The Hall–Kier alpha value is -0.700. The minimum absolute atomic E-state index is 0.398. The maximum Gasteiger partial charge on any atom is 0.0812 e. The molecule has 0 aromatic carbocycles. The van der Waals surface area contributed by atoms with Crippen LogP contribution in [0.1, 0.15) is 5.69 Å². The smallest absolute Gasteiger partial charge is 0.0812 e. The van der Waals surface area contributed by atoms with Crippen LogP contribution in [0.3, 0.4) is 0 Å². The number of hydrogen-bond acceptors (Lipinski definition) is 3. The first-order chi connectivity index (χ1) is 3.93. The largest absolute Gasteiger partial charge is 0.139 e. The summed E-state index contributed by atoms with van der Waals surface area (Å²) in [5.74, 6) is 0.398. The highest BCUT2D eigenvalue weighted by molar-refractivity contribution is 6.16. The second-order valence-electron chi connectivity index (χ2n) is 1.25. The Morgan fingerprint density at radius 2 is 2.50 bits per heavy atom. The Morgan fingerprint density at radius 3 is 2.88 bits per heavy atom. The molecule has 0 saturated carbocycles. The minimum atomic E-state index is 0.398. The highest BCUT2D eigenvalue weighted by Gasteiger charge is 1.85. The van der Waals surface area contributed by atoms with Crippen molar-refractivity contribution in [3.8, 4) is 0 Å². The predicted molar refractivity (Wildman–Crippen MR) is 29.4 cm³/mol. The van der Waals surface area contributed by atoms with E-state index in [9.17, 15) is 0 Å². The van der Waals surface area contributed by atoms with Gasteiger partial charge in [0.25, 0.3) is 0 Å². The first-order valence-electron chi connectivity index (χ1n) is 2.12. The molecule has 0 N–H and O–H groups in total. The van der Waals surface area contributed by atoms with E-state index in [0.29, 0.717) is 5.88 Å². The van der Waals surface area contributed by atoms with Crippen molar-refractivity contribution in [3.63, 3.8) is 0 Å². The summed E-state index contributed by atoms with van der Waals surface area (Å²) in [4.78, 5) is 0. The average molecular weight is 130 g/mol. The van der Waals surface area contributed by atoms with Gasteiger partial charge in [0.1, 0.15) is 0 Å². The molecule has 1 heterocycles. The van der Waals surface area contributed by atoms with Crippen molar-refractivity contribution in [1.29, 1.82) is 0 Å². The molecule has 42 valence electrons. The summed E-state index contributed by atoms with van der Waals surface area (Å²) >= 11 is 5.40. The molecule has 0 fully saturated rings. The first kappa shape index (κ1) is 5.44. The van der Waals surface area contributed by atoms with Gasteiger partial charge in [-0.3, -0.25) is 0 Å². The summed E-state index contributed by atoms with van der Waals surface area (Å²) in [6.07, 6.45) is 1.56. The lowest BCUT2D eigenvalue weighted by Gasteiger charge is -1.84. The van der Waals surface area contributed by atoms with Crippen LogP contribution < -0.4 is 0 Å². The molecule has 1 aromatic rings. The zero-order valence-electron chi connectivity index (χ0n) is 4.08. The molecule has 4 heteroatoms. The average Bonchev–Trinajstić information content (AvgIpc) is 1.90. The fourth-order valence-electron chi connectivity index (χ4n) is 0.337. The number of rotatable bonds is 1. The molecule has 0 aliphatic carbocycles. The summed E-state index contributed by atoms with van der Waals surface area (Å²) in [7, 11) is 0. The lowest BCUT2D eigenvalue weighted by molar-refractivity contribution is 0.834. The predicted octanol–water partition coefficient (Wildman–Crippen LogP) is 0.610. The Kier molecular flexibility index (Phi) is 1.75. The third kappa shape index (κ3) is 1.13. The van der Waals surface area contributed by atoms with E-state index < -0.39 is 0 Å². The molecule has 0 aliphatic rings. The first-order valence-corrected chi connectivity index (χ1v) is 2.66. The summed E-state index contributed by atoms with van der Waals surface area (Å²) < 4.78 is 0. The third-order valence-corrected chi connectivity index (χ3v) is 0.969. The quantitative estimate of drug-likeness (QED) is 0.522. The fraction of sp³-hybridized carbons (Fsp3) is 0.250. The number of aromatic nitrogens is 3. The number of nitrogens with zero attached hydrogens (tertiary/aromatic N) is 3. The van der Waals surface area contributed by atoms with Gasteiger partial charge in [0.15, 0.2) is 0 Å². The van der Waals surface area contributed by atoms with E-state index in [0.717, 1.165) is 5.69 Å². The molecule has 0 radical (unpaired) electrons. The normalized spacial score (nSPS) is 9.12. The molecule has 1 aromatic heterocycles. The molecule has 0 unspecified atom stereocenters. The standard InChI is InChI=1S/C4H4ClN3/c5-3-4-1-2-6-8-7-4/h1-2H,3H2. The van der Waals surface area contributed by atoms with Crippen LogP contribution in [0.2, 0.25) is 0 Å². The fourth-order valence-corrected chi connectivity index (χ4v) is 0.480. The van der Waals surface area contributed by atoms with Gasteiger partial charge >= 0.3 is 0 Å². The number of alkyl halides is 1. The van der Waals surface area contributed by atoms with Gasteiger partial charge in [-0.2, -0.15) is 0 Å². The van der Waals surface area contributed by atoms with Gasteiger partial charge < -0.3 is 0 Å². The molecule has 0 bridgehead atoms. The van der Waals surface area contributed by atoms with Crippen molar-refractivity contribution in [2.45, 2.75) is 5.88 Å². The SMILES string of the molecule is ClCc1ccnnn1. The molecular weight excluding hydrogens is 126 g/mol. The van der Waals surface area contributed by atoms with E-state index in [1.54, 1.807) is 12.3 Å². The van der Waals surface area contributed by atoms with Crippen LogP contribution in [-0.2, 0) is 5.88 Å². The Labute approximate surface area is 51.7 Å². The monoisotopic (exact) mass is 129 g/mol. The minimum Gasteiger partial charge on any atom is -0.139 e. The van der Waals surface area contributed by atoms with Gasteiger partial charge in [-0.05, 0) is 11.3 Å². The van der Waals surface area contributed by atoms with Crippen LogP contribution in [0.4, 0.5) is 0 Å². The maximum atomic E-state index is 5.40. The van der Waals surface area contributed by atoms with Gasteiger partial charge in [-0.25, -0.2) is 0 Å². The van der Waals surface area contributed by atoms with Crippen molar-refractivity contribution in [3.05, 3.63) is 18.0 Å². The summed E-state index contributed by atoms with van der Waals surface area (Å²) in [5, 5.41) is 10.4. The summed E-state index contributed by atoms with van der Waals surface area (Å²) in [6, 6.07) is 1.72. The molecule has 8 heavy (non-hydrogen) atoms. The van der Waals surface area contributed by atoms with Crippen LogP contribution >= 0.6 is 11.6 Å². The van der Waals surface area contributed by atoms with E-state index in [1.165, 1.54) is 0 Å². The van der Waals surface area contributed by atoms with Crippen LogP contribution in [-0.4, -0.2) is 15.4 Å². The molecule has 1 rings (SSSR count). The molecule has 0 spiro atoms. The lowest BCUT2D eigenvalue weighted by Crippen LogP contribution is -1.89. The second-order valence-corrected chi connectivity index (χ2v) is 1.51. The van der Waals surface area contributed by atoms with Gasteiger partial charge in [-0.1, -0.05) is 0 Å². The van der Waals surface area contributed by atoms with Crippen molar-refractivity contribution in [2.24, 2.45) is 0 Å². The topological polar surface area (TPSA) is 38.7 Å². The number of hydrogen-bond donors (Lipinski definition) is 0. The van der Waals surface area contributed by atoms with E-state index in [4.69, 9.17) is 11.6 Å². The molecule has 0 saturated heterocycles. The molecule has 0 atom stereocenters. The van der Waals surface area contributed by atoms with Gasteiger partial charge in [0, 0.05) is 0 Å². The second kappa shape index (κ2) is 2.57. The highest BCUT2D eigenvalue weighted by atomic mass is 35.5. The van der Waals surface area contributed by atoms with Gasteiger partial charge in [0.2, 0.25) is 0 Å². The molecule has 0 aliphatic heterocycles. The van der Waals surface area contributed by atoms with E-state index in [-0.39, 0.29) is 0 Å². The van der Waals surface area contributed by atoms with Gasteiger partial charge in [0.05, 0.1) is 17.8 Å². The van der Waals surface area contributed by atoms with Crippen LogP contribution in [0.5, 0.6) is 0 Å². The van der Waals surface area contributed by atoms with E-state index in [1.807, 2.05) is 0 Å². The van der Waals surface area contributed by atoms with Crippen molar-refractivity contribution >= 4 is 11.6 Å². The zero-order chi connectivity index (χ0) is 5.82. The highest BCUT2D eigenvalue weighted by Crippen LogP contribution is 1.92. The summed E-state index contributed by atoms with van der Waals surface area (Å²) in [6.45, 7) is 0. The molecule has 3 nitrogen and oxygen atoms in total. The third-order valence-electron chi connectivity index (χ3n) is 0.695. The van der Waals surface area contributed by atoms with Crippen molar-refractivity contribution < 1.29 is 0 Å². The maximum absolute atomic E-state index is 5.40. The Balaban J connectivity index is 2.83. The summed E-state index contributed by atoms with van der Waals surface area (Å²) in [5.41, 5.74) is 0.752. The van der Waals surface area contributed by atoms with Gasteiger partial charge in [-0.15, -0.1) is 21.8 Å². The zero-order valence-corrected chi connectivity index (χ0v) is 4.84. The van der Waals surface area contributed by atoms with Crippen molar-refractivity contribution in [2.75, 3.05) is 0 Å². The Morgan fingerprint density at radius 1 is 1.62 bits per heavy atom. The van der Waals surface area contributed by atoms with Crippen LogP contribution in [0.15, 0.2) is 12.3 Å². The molecule has 0 amide bonds. The van der Waals surface area contributed by atoms with E-state index >= 15 is 0 Å². The molecular formula is C4H4ClN3. The van der Waals surface area contributed by atoms with Crippen LogP contribution in [0, 0.1) is 0 Å². The Bertz CT molecular complexity index is 153. The number of halogens is 1. The van der Waals surface area contributed by atoms with E-state index in [2.05, 4.69) is 15.4 Å².